The fourth-order valence-electron chi connectivity index (χ4n) is 2.25. The van der Waals surface area contributed by atoms with Crippen LogP contribution in [0.25, 0.3) is 12.2 Å². The Balaban J connectivity index is 2.21. The number of benzene rings is 2. The molecule has 0 heterocycles. The molecule has 2 aromatic carbocycles. The Kier molecular flexibility index (Phi) is 6.14. The topological polar surface area (TPSA) is 26.3 Å². The maximum Gasteiger partial charge on any atom is 0.192 e. The van der Waals surface area contributed by atoms with E-state index in [1.54, 1.807) is 0 Å². The Labute approximate surface area is 152 Å². The molecule has 0 saturated heterocycles. The van der Waals surface area contributed by atoms with Crippen LogP contribution >= 0.6 is 0 Å². The van der Waals surface area contributed by atoms with Gasteiger partial charge >= 0.3 is 0 Å². The molecule has 2 rings (SSSR count). The van der Waals surface area contributed by atoms with Crippen LogP contribution in [0.1, 0.15) is 47.8 Å². The minimum Gasteiger partial charge on any atom is -0.413 e. The van der Waals surface area contributed by atoms with Gasteiger partial charge < -0.3 is 4.43 Å². The number of hydrogen-bond donors (Lipinski definition) is 0. The second kappa shape index (κ2) is 7.94. The first-order valence-electron chi connectivity index (χ1n) is 8.69. The Morgan fingerprint density at radius 2 is 1.40 bits per heavy atom. The van der Waals surface area contributed by atoms with Gasteiger partial charge in [-0.3, -0.25) is 4.79 Å². The first-order valence-corrected chi connectivity index (χ1v) is 11.6. The van der Waals surface area contributed by atoms with E-state index >= 15 is 0 Å². The molecule has 2 nitrogen and oxygen atoms in total. The van der Waals surface area contributed by atoms with Gasteiger partial charge in [0.15, 0.2) is 14.6 Å². The molecule has 0 radical (unpaired) electrons. The Hall–Kier alpha value is -1.97. The van der Waals surface area contributed by atoms with Crippen LogP contribution in [0.15, 0.2) is 48.5 Å². The van der Waals surface area contributed by atoms with E-state index in [-0.39, 0.29) is 5.04 Å². The summed E-state index contributed by atoms with van der Waals surface area (Å²) in [4.78, 5) is 11.2. The van der Waals surface area contributed by atoms with Crippen molar-refractivity contribution in [3.05, 3.63) is 70.8 Å². The lowest BCUT2D eigenvalue weighted by atomic mass is 10.0. The van der Waals surface area contributed by atoms with Gasteiger partial charge in [-0.15, -0.1) is 0 Å². The summed E-state index contributed by atoms with van der Waals surface area (Å²) in [6.07, 6.45) is 4.95. The summed E-state index contributed by atoms with van der Waals surface area (Å²) in [5.41, 5.74) is 3.93. The van der Waals surface area contributed by atoms with Crippen molar-refractivity contribution < 1.29 is 9.22 Å². The first-order chi connectivity index (χ1) is 11.7. The predicted octanol–water partition coefficient (Wildman–Crippen LogP) is 6.19. The molecule has 0 bridgehead atoms. The third-order valence-corrected chi connectivity index (χ3v) is 9.49. The van der Waals surface area contributed by atoms with E-state index in [9.17, 15) is 4.79 Å². The second-order valence-electron chi connectivity index (χ2n) is 7.83. The molecule has 0 saturated carbocycles. The zero-order valence-electron chi connectivity index (χ0n) is 15.9. The Morgan fingerprint density at radius 3 is 2.00 bits per heavy atom. The van der Waals surface area contributed by atoms with E-state index in [0.29, 0.717) is 12.2 Å². The fourth-order valence-corrected chi connectivity index (χ4v) is 3.20. The average molecular weight is 353 g/mol. The van der Waals surface area contributed by atoms with Crippen LogP contribution in [0.2, 0.25) is 18.1 Å². The highest BCUT2D eigenvalue weighted by atomic mass is 28.4. The lowest BCUT2D eigenvalue weighted by Crippen LogP contribution is -2.40. The van der Waals surface area contributed by atoms with E-state index in [2.05, 4.69) is 52.1 Å². The summed E-state index contributed by atoms with van der Waals surface area (Å²) in [5.74, 6) is 0. The van der Waals surface area contributed by atoms with Gasteiger partial charge in [-0.2, -0.15) is 0 Å². The number of rotatable bonds is 6. The molecule has 0 spiro atoms. The third-order valence-electron chi connectivity index (χ3n) is 5.02. The highest BCUT2D eigenvalue weighted by Gasteiger charge is 2.37. The molecule has 0 aliphatic carbocycles. The smallest absolute Gasteiger partial charge is 0.192 e. The Bertz CT molecular complexity index is 755. The van der Waals surface area contributed by atoms with Gasteiger partial charge in [-0.1, -0.05) is 81.5 Å². The van der Waals surface area contributed by atoms with Crippen molar-refractivity contribution in [2.75, 3.05) is 0 Å². The van der Waals surface area contributed by atoms with E-state index in [4.69, 9.17) is 4.43 Å². The van der Waals surface area contributed by atoms with Crippen molar-refractivity contribution in [2.45, 2.75) is 45.5 Å². The summed E-state index contributed by atoms with van der Waals surface area (Å²) in [6, 6.07) is 15.9. The van der Waals surface area contributed by atoms with Crippen LogP contribution in [0.5, 0.6) is 0 Å². The quantitative estimate of drug-likeness (QED) is 0.352. The molecule has 0 atom stereocenters. The molecular formula is C22H28O2Si. The van der Waals surface area contributed by atoms with Crippen LogP contribution in [-0.2, 0) is 11.0 Å². The molecule has 0 N–H and O–H groups in total. The molecular weight excluding hydrogens is 324 g/mol. The van der Waals surface area contributed by atoms with E-state index in [1.165, 1.54) is 5.56 Å². The molecule has 0 aromatic heterocycles. The SMILES string of the molecule is CC(C)(C)[Si](C)(C)OCc1ccccc1/C=C\c1ccccc1C=O. The maximum absolute atomic E-state index is 11.2. The van der Waals surface area contributed by atoms with Crippen molar-refractivity contribution in [3.63, 3.8) is 0 Å². The van der Waals surface area contributed by atoms with Gasteiger partial charge in [0.1, 0.15) is 0 Å². The van der Waals surface area contributed by atoms with E-state index < -0.39 is 8.32 Å². The molecule has 0 aliphatic rings. The van der Waals surface area contributed by atoms with Gasteiger partial charge in [0, 0.05) is 5.56 Å². The molecule has 132 valence electrons. The second-order valence-corrected chi connectivity index (χ2v) is 12.6. The zero-order valence-corrected chi connectivity index (χ0v) is 16.9. The van der Waals surface area contributed by atoms with Crippen LogP contribution in [-0.4, -0.2) is 14.6 Å². The number of hydrogen-bond acceptors (Lipinski definition) is 2. The van der Waals surface area contributed by atoms with Gasteiger partial charge in [-0.25, -0.2) is 0 Å². The van der Waals surface area contributed by atoms with E-state index in [0.717, 1.165) is 17.4 Å². The highest BCUT2D eigenvalue weighted by molar-refractivity contribution is 6.74. The van der Waals surface area contributed by atoms with Gasteiger partial charge in [-0.05, 0) is 34.8 Å². The standard InChI is InChI=1S/C22H28O2Si/c1-22(2,3)25(4,5)24-17-21-13-9-7-11-19(21)15-14-18-10-6-8-12-20(18)16-23/h6-16H,17H2,1-5H3/b15-14-. The number of aldehydes is 1. The van der Waals surface area contributed by atoms with Gasteiger partial charge in [0.25, 0.3) is 0 Å². The largest absolute Gasteiger partial charge is 0.413 e. The van der Waals surface area contributed by atoms with Crippen LogP contribution < -0.4 is 0 Å². The summed E-state index contributed by atoms with van der Waals surface area (Å²) in [6.45, 7) is 11.9. The van der Waals surface area contributed by atoms with Crippen molar-refractivity contribution >= 4 is 26.8 Å². The van der Waals surface area contributed by atoms with Gasteiger partial charge in [0.05, 0.1) is 6.61 Å². The monoisotopic (exact) mass is 352 g/mol. The van der Waals surface area contributed by atoms with Crippen molar-refractivity contribution in [1.82, 2.24) is 0 Å². The lowest BCUT2D eigenvalue weighted by Gasteiger charge is -2.36. The number of carbonyl (C=O) groups excluding carboxylic acids is 1. The van der Waals surface area contributed by atoms with Crippen LogP contribution in [0.3, 0.4) is 0 Å². The lowest BCUT2D eigenvalue weighted by molar-refractivity contribution is 0.112. The summed E-state index contributed by atoms with van der Waals surface area (Å²) >= 11 is 0. The summed E-state index contributed by atoms with van der Waals surface area (Å²) < 4.78 is 6.37. The van der Waals surface area contributed by atoms with Gasteiger partial charge in [0.2, 0.25) is 0 Å². The maximum atomic E-state index is 11.2. The van der Waals surface area contributed by atoms with Crippen molar-refractivity contribution in [3.8, 4) is 0 Å². The molecule has 0 amide bonds. The molecule has 0 unspecified atom stereocenters. The fraction of sp³-hybridized carbons (Fsp3) is 0.318. The number of carbonyl (C=O) groups is 1. The first kappa shape index (κ1) is 19.4. The zero-order chi connectivity index (χ0) is 18.5. The Morgan fingerprint density at radius 1 is 0.880 bits per heavy atom. The van der Waals surface area contributed by atoms with Crippen LogP contribution in [0, 0.1) is 0 Å². The summed E-state index contributed by atoms with van der Waals surface area (Å²) in [7, 11) is -1.78. The molecule has 3 heteroatoms. The minimum atomic E-state index is -1.78. The average Bonchev–Trinajstić information content (AvgIpc) is 2.58. The highest BCUT2D eigenvalue weighted by Crippen LogP contribution is 2.37. The molecule has 0 fully saturated rings. The van der Waals surface area contributed by atoms with Crippen LogP contribution in [0.4, 0.5) is 0 Å². The molecule has 0 aliphatic heterocycles. The third kappa shape index (κ3) is 5.00. The van der Waals surface area contributed by atoms with Crippen molar-refractivity contribution in [1.29, 1.82) is 0 Å². The van der Waals surface area contributed by atoms with Crippen molar-refractivity contribution in [2.24, 2.45) is 0 Å². The minimum absolute atomic E-state index is 0.195. The predicted molar refractivity (Wildman–Crippen MR) is 109 cm³/mol. The molecule has 2 aromatic rings. The molecule has 25 heavy (non-hydrogen) atoms. The van der Waals surface area contributed by atoms with E-state index in [1.807, 2.05) is 42.5 Å². The normalized spacial score (nSPS) is 12.5. The summed E-state index contributed by atoms with van der Waals surface area (Å²) in [5, 5.41) is 0.195.